The van der Waals surface area contributed by atoms with Crippen molar-refractivity contribution in [3.05, 3.63) is 0 Å². The molecule has 0 saturated heterocycles. The predicted molar refractivity (Wildman–Crippen MR) is 66.3 cm³/mol. The first-order chi connectivity index (χ1) is 7.66. The van der Waals surface area contributed by atoms with Gasteiger partial charge >= 0.3 is 0 Å². The molecule has 0 fully saturated rings. The lowest BCUT2D eigenvalue weighted by atomic mass is 10.0. The van der Waals surface area contributed by atoms with Crippen molar-refractivity contribution in [3.8, 4) is 0 Å². The van der Waals surface area contributed by atoms with Crippen LogP contribution in [0.3, 0.4) is 0 Å². The van der Waals surface area contributed by atoms with Gasteiger partial charge in [0.05, 0.1) is 6.42 Å². The van der Waals surface area contributed by atoms with Gasteiger partial charge < -0.3 is 5.73 Å². The van der Waals surface area contributed by atoms with Crippen molar-refractivity contribution in [2.24, 2.45) is 5.73 Å². The molecular formula is C13H25NO2. The Bertz CT molecular complexity index is 202. The minimum absolute atomic E-state index is 0.0215. The Labute approximate surface area is 98.8 Å². The fraction of sp³-hybridized carbons (Fsp3) is 0.846. The summed E-state index contributed by atoms with van der Waals surface area (Å²) in [5.41, 5.74) is 5.40. The summed E-state index contributed by atoms with van der Waals surface area (Å²) in [6, 6.07) is 0. The van der Waals surface area contributed by atoms with Crippen LogP contribution >= 0.6 is 0 Å². The van der Waals surface area contributed by atoms with E-state index in [0.717, 1.165) is 25.8 Å². The highest BCUT2D eigenvalue weighted by molar-refractivity contribution is 5.97. The van der Waals surface area contributed by atoms with Gasteiger partial charge in [0.15, 0.2) is 0 Å². The Balaban J connectivity index is 3.14. The normalized spacial score (nSPS) is 10.4. The lowest BCUT2D eigenvalue weighted by Crippen LogP contribution is -2.03. The molecule has 0 radical (unpaired) electrons. The summed E-state index contributed by atoms with van der Waals surface area (Å²) in [7, 11) is 0. The lowest BCUT2D eigenvalue weighted by molar-refractivity contribution is -0.125. The first-order valence-corrected chi connectivity index (χ1v) is 6.38. The van der Waals surface area contributed by atoms with Gasteiger partial charge in [-0.15, -0.1) is 0 Å². The molecule has 0 heterocycles. The van der Waals surface area contributed by atoms with Crippen LogP contribution in [0, 0.1) is 0 Å². The fourth-order valence-corrected chi connectivity index (χ4v) is 1.72. The maximum Gasteiger partial charge on any atom is 0.140 e. The van der Waals surface area contributed by atoms with Gasteiger partial charge in [-0.2, -0.15) is 0 Å². The number of unbranched alkanes of at least 4 members (excludes halogenated alkanes) is 6. The average Bonchev–Trinajstić information content (AvgIpc) is 2.21. The van der Waals surface area contributed by atoms with Crippen LogP contribution in [0.1, 0.15) is 64.7 Å². The van der Waals surface area contributed by atoms with Crippen LogP contribution in [0.5, 0.6) is 0 Å². The van der Waals surface area contributed by atoms with Crippen molar-refractivity contribution in [3.63, 3.8) is 0 Å². The first kappa shape index (κ1) is 15.3. The summed E-state index contributed by atoms with van der Waals surface area (Å²) in [5, 5.41) is 0. The molecule has 0 aromatic rings. The molecule has 3 nitrogen and oxygen atoms in total. The molecule has 0 unspecified atom stereocenters. The molecule has 0 atom stereocenters. The molecule has 16 heavy (non-hydrogen) atoms. The number of hydrogen-bond donors (Lipinski definition) is 1. The summed E-state index contributed by atoms with van der Waals surface area (Å²) in [5.74, 6) is 0.0717. The molecule has 0 aromatic carbocycles. The second-order valence-corrected chi connectivity index (χ2v) is 4.43. The zero-order valence-electron chi connectivity index (χ0n) is 10.5. The van der Waals surface area contributed by atoms with Crippen LogP contribution in [-0.2, 0) is 9.59 Å². The Kier molecular flexibility index (Phi) is 10.3. The quantitative estimate of drug-likeness (QED) is 0.436. The summed E-state index contributed by atoms with van der Waals surface area (Å²) >= 11 is 0. The Hall–Kier alpha value is -0.700. The van der Waals surface area contributed by atoms with E-state index in [2.05, 4.69) is 0 Å². The van der Waals surface area contributed by atoms with Gasteiger partial charge in [0.25, 0.3) is 0 Å². The highest BCUT2D eigenvalue weighted by Crippen LogP contribution is 2.09. The number of nitrogens with two attached hydrogens (primary N) is 1. The smallest absolute Gasteiger partial charge is 0.140 e. The molecule has 0 aliphatic carbocycles. The number of carbonyl (C=O) groups is 2. The molecule has 0 aliphatic heterocycles. The van der Waals surface area contributed by atoms with Crippen LogP contribution in [-0.4, -0.2) is 18.1 Å². The summed E-state index contributed by atoms with van der Waals surface area (Å²) in [6.45, 7) is 2.26. The fourth-order valence-electron chi connectivity index (χ4n) is 1.72. The maximum atomic E-state index is 11.2. The number of carbonyl (C=O) groups excluding carboxylic acids is 2. The van der Waals surface area contributed by atoms with Crippen LogP contribution in [0.25, 0.3) is 0 Å². The lowest BCUT2D eigenvalue weighted by Gasteiger charge is -2.01. The van der Waals surface area contributed by atoms with Gasteiger partial charge in [-0.25, -0.2) is 0 Å². The van der Waals surface area contributed by atoms with Gasteiger partial charge in [0, 0.05) is 6.42 Å². The summed E-state index contributed by atoms with van der Waals surface area (Å²) < 4.78 is 0. The highest BCUT2D eigenvalue weighted by Gasteiger charge is 2.04. The van der Waals surface area contributed by atoms with Crippen molar-refractivity contribution >= 4 is 11.6 Å². The number of Topliss-reactive ketones (excluding diaryl/α,β-unsaturated/α-hetero) is 2. The standard InChI is InChI=1S/C13H25NO2/c1-12(15)11-13(16)9-7-5-3-2-4-6-8-10-14/h2-11,14H2,1H3. The van der Waals surface area contributed by atoms with E-state index < -0.39 is 0 Å². The van der Waals surface area contributed by atoms with Gasteiger partial charge in [-0.3, -0.25) is 9.59 Å². The van der Waals surface area contributed by atoms with E-state index in [1.54, 1.807) is 0 Å². The van der Waals surface area contributed by atoms with Crippen LogP contribution in [0.15, 0.2) is 0 Å². The largest absolute Gasteiger partial charge is 0.330 e. The number of ketones is 2. The maximum absolute atomic E-state index is 11.2. The van der Waals surface area contributed by atoms with Crippen molar-refractivity contribution in [1.82, 2.24) is 0 Å². The molecule has 0 bridgehead atoms. The molecule has 0 saturated carbocycles. The number of rotatable bonds is 11. The van der Waals surface area contributed by atoms with Crippen LogP contribution in [0.2, 0.25) is 0 Å². The van der Waals surface area contributed by atoms with Crippen LogP contribution < -0.4 is 5.73 Å². The third-order valence-corrected chi connectivity index (χ3v) is 2.61. The molecule has 2 N–H and O–H groups in total. The molecule has 0 spiro atoms. The van der Waals surface area contributed by atoms with E-state index in [4.69, 9.17) is 5.73 Å². The minimum atomic E-state index is -0.0215. The molecule has 0 amide bonds. The molecule has 0 rings (SSSR count). The van der Waals surface area contributed by atoms with E-state index in [1.807, 2.05) is 0 Å². The van der Waals surface area contributed by atoms with Gasteiger partial charge in [0.1, 0.15) is 11.6 Å². The van der Waals surface area contributed by atoms with E-state index in [1.165, 1.54) is 32.6 Å². The Morgan fingerprint density at radius 3 is 1.88 bits per heavy atom. The van der Waals surface area contributed by atoms with Gasteiger partial charge in [-0.1, -0.05) is 32.1 Å². The van der Waals surface area contributed by atoms with E-state index >= 15 is 0 Å². The zero-order valence-corrected chi connectivity index (χ0v) is 10.5. The highest BCUT2D eigenvalue weighted by atomic mass is 16.1. The first-order valence-electron chi connectivity index (χ1n) is 6.38. The summed E-state index contributed by atoms with van der Waals surface area (Å²) in [4.78, 5) is 21.9. The molecule has 94 valence electrons. The van der Waals surface area contributed by atoms with Crippen molar-refractivity contribution in [1.29, 1.82) is 0 Å². The molecule has 0 aromatic heterocycles. The number of hydrogen-bond acceptors (Lipinski definition) is 3. The second-order valence-electron chi connectivity index (χ2n) is 4.43. The molecule has 0 aliphatic rings. The SMILES string of the molecule is CC(=O)CC(=O)CCCCCCCCCN. The molecule has 3 heteroatoms. The van der Waals surface area contributed by atoms with Gasteiger partial charge in [-0.05, 0) is 26.3 Å². The van der Waals surface area contributed by atoms with Crippen molar-refractivity contribution < 1.29 is 9.59 Å². The second kappa shape index (κ2) is 10.8. The topological polar surface area (TPSA) is 60.2 Å². The Morgan fingerprint density at radius 1 is 0.875 bits per heavy atom. The average molecular weight is 227 g/mol. The Morgan fingerprint density at radius 2 is 1.38 bits per heavy atom. The van der Waals surface area contributed by atoms with Gasteiger partial charge in [0.2, 0.25) is 0 Å². The third-order valence-electron chi connectivity index (χ3n) is 2.61. The summed E-state index contributed by atoms with van der Waals surface area (Å²) in [6.07, 6.45) is 8.75. The van der Waals surface area contributed by atoms with Crippen LogP contribution in [0.4, 0.5) is 0 Å². The van der Waals surface area contributed by atoms with Crippen molar-refractivity contribution in [2.45, 2.75) is 64.7 Å². The monoisotopic (exact) mass is 227 g/mol. The van der Waals surface area contributed by atoms with E-state index in [9.17, 15) is 9.59 Å². The third kappa shape index (κ3) is 11.4. The predicted octanol–water partition coefficient (Wildman–Crippen LogP) is 2.61. The minimum Gasteiger partial charge on any atom is -0.330 e. The molecular weight excluding hydrogens is 202 g/mol. The van der Waals surface area contributed by atoms with Crippen molar-refractivity contribution in [2.75, 3.05) is 6.54 Å². The van der Waals surface area contributed by atoms with E-state index in [0.29, 0.717) is 6.42 Å². The van der Waals surface area contributed by atoms with E-state index in [-0.39, 0.29) is 18.0 Å². The zero-order chi connectivity index (χ0) is 12.2.